The fourth-order valence-electron chi connectivity index (χ4n) is 4.15. The van der Waals surface area contributed by atoms with Crippen LogP contribution in [0.5, 0.6) is 0 Å². The molecule has 2 aromatic rings. The minimum atomic E-state index is 0. The molecular weight excluding hydrogens is 535 g/mol. The number of likely N-dealkylation sites (tertiary alicyclic amines) is 1. The number of imidazole rings is 1. The molecule has 2 unspecified atom stereocenters. The van der Waals surface area contributed by atoms with Gasteiger partial charge in [-0.3, -0.25) is 4.99 Å². The molecule has 1 N–H and O–H groups in total. The Balaban J connectivity index is 0.00000363. The number of rotatable bonds is 9. The van der Waals surface area contributed by atoms with Gasteiger partial charge < -0.3 is 19.4 Å². The van der Waals surface area contributed by atoms with Gasteiger partial charge in [0.2, 0.25) is 0 Å². The Morgan fingerprint density at radius 3 is 2.81 bits per heavy atom. The normalized spacial score (nSPS) is 19.3. The average molecular weight is 575 g/mol. The first-order valence-electron chi connectivity index (χ1n) is 11.5. The van der Waals surface area contributed by atoms with Crippen LogP contribution in [0.1, 0.15) is 52.4 Å². The van der Waals surface area contributed by atoms with E-state index < -0.39 is 0 Å². The maximum Gasteiger partial charge on any atom is 0.193 e. The molecule has 8 nitrogen and oxygen atoms in total. The van der Waals surface area contributed by atoms with Gasteiger partial charge in [0.25, 0.3) is 0 Å². The van der Waals surface area contributed by atoms with E-state index in [1.807, 2.05) is 12.5 Å². The summed E-state index contributed by atoms with van der Waals surface area (Å²) in [6.07, 6.45) is 11.0. The number of aromatic nitrogens is 5. The van der Waals surface area contributed by atoms with Crippen molar-refractivity contribution in [3.05, 3.63) is 24.5 Å². The molecule has 1 fully saturated rings. The van der Waals surface area contributed by atoms with Crippen LogP contribution in [0.25, 0.3) is 0 Å². The second-order valence-electron chi connectivity index (χ2n) is 8.74. The van der Waals surface area contributed by atoms with Crippen molar-refractivity contribution in [1.29, 1.82) is 0 Å². The van der Waals surface area contributed by atoms with E-state index in [0.717, 1.165) is 68.9 Å². The van der Waals surface area contributed by atoms with Crippen LogP contribution in [0.15, 0.2) is 28.9 Å². The molecule has 3 heterocycles. The van der Waals surface area contributed by atoms with E-state index in [0.29, 0.717) is 17.9 Å². The van der Waals surface area contributed by atoms with Crippen molar-refractivity contribution in [1.82, 2.24) is 34.5 Å². The summed E-state index contributed by atoms with van der Waals surface area (Å²) in [5.41, 5.74) is 0. The lowest BCUT2D eigenvalue weighted by Gasteiger charge is -2.39. The number of piperidine rings is 1. The Morgan fingerprint density at radius 1 is 1.34 bits per heavy atom. The number of hydrogen-bond donors (Lipinski definition) is 1. The Morgan fingerprint density at radius 2 is 2.16 bits per heavy atom. The van der Waals surface area contributed by atoms with E-state index in [-0.39, 0.29) is 24.0 Å². The summed E-state index contributed by atoms with van der Waals surface area (Å²) in [7, 11) is 0. The van der Waals surface area contributed by atoms with Crippen molar-refractivity contribution in [3.63, 3.8) is 0 Å². The van der Waals surface area contributed by atoms with Crippen LogP contribution in [0, 0.1) is 11.8 Å². The number of aryl methyl sites for hydroxylation is 1. The number of guanidine groups is 1. The van der Waals surface area contributed by atoms with Gasteiger partial charge in [0, 0.05) is 51.5 Å². The minimum Gasteiger partial charge on any atom is -0.357 e. The zero-order valence-corrected chi connectivity index (χ0v) is 23.2. The van der Waals surface area contributed by atoms with E-state index >= 15 is 0 Å². The molecule has 1 aliphatic rings. The van der Waals surface area contributed by atoms with Gasteiger partial charge in [-0.25, -0.2) is 4.98 Å². The summed E-state index contributed by atoms with van der Waals surface area (Å²) in [6, 6.07) is 0.430. The summed E-state index contributed by atoms with van der Waals surface area (Å²) < 4.78 is 4.51. The van der Waals surface area contributed by atoms with Crippen molar-refractivity contribution in [2.24, 2.45) is 16.8 Å². The highest BCUT2D eigenvalue weighted by atomic mass is 127. The quantitative estimate of drug-likeness (QED) is 0.161. The maximum atomic E-state index is 4.95. The zero-order valence-electron chi connectivity index (χ0n) is 20.1. The second-order valence-corrected chi connectivity index (χ2v) is 9.51. The first kappa shape index (κ1) is 26.9. The summed E-state index contributed by atoms with van der Waals surface area (Å²) in [5, 5.41) is 13.3. The second kappa shape index (κ2) is 13.4. The van der Waals surface area contributed by atoms with E-state index in [2.05, 4.69) is 74.7 Å². The number of aliphatic imine (C=N–C) groups is 1. The minimum absolute atomic E-state index is 0. The van der Waals surface area contributed by atoms with Gasteiger partial charge >= 0.3 is 0 Å². The SMILES string of the molecule is CCNC(=NCCCc1nnc(SC)n1CC(C)C)N1CCC(C)C(n2ccnc2)C1.I. The highest BCUT2D eigenvalue weighted by Crippen LogP contribution is 2.27. The molecule has 10 heteroatoms. The number of hydrogen-bond acceptors (Lipinski definition) is 5. The van der Waals surface area contributed by atoms with Crippen molar-refractivity contribution >= 4 is 41.7 Å². The van der Waals surface area contributed by atoms with Crippen molar-refractivity contribution in [3.8, 4) is 0 Å². The van der Waals surface area contributed by atoms with Gasteiger partial charge in [-0.15, -0.1) is 34.2 Å². The third kappa shape index (κ3) is 7.10. The fraction of sp³-hybridized carbons (Fsp3) is 0.727. The van der Waals surface area contributed by atoms with Gasteiger partial charge in [0.15, 0.2) is 11.1 Å². The van der Waals surface area contributed by atoms with E-state index in [1.165, 1.54) is 0 Å². The molecule has 0 amide bonds. The molecule has 32 heavy (non-hydrogen) atoms. The van der Waals surface area contributed by atoms with Crippen molar-refractivity contribution in [2.75, 3.05) is 32.4 Å². The molecular formula is C22H39IN8S. The molecule has 2 atom stereocenters. The summed E-state index contributed by atoms with van der Waals surface area (Å²) >= 11 is 1.67. The predicted molar refractivity (Wildman–Crippen MR) is 143 cm³/mol. The van der Waals surface area contributed by atoms with Crippen LogP contribution in [-0.2, 0) is 13.0 Å². The molecule has 3 rings (SSSR count). The molecule has 0 saturated carbocycles. The molecule has 0 aromatic carbocycles. The Bertz CT molecular complexity index is 820. The third-order valence-electron chi connectivity index (χ3n) is 5.80. The maximum absolute atomic E-state index is 4.95. The number of thioether (sulfide) groups is 1. The molecule has 0 aliphatic carbocycles. The molecule has 1 saturated heterocycles. The Labute approximate surface area is 214 Å². The summed E-state index contributed by atoms with van der Waals surface area (Å²) in [5.74, 6) is 3.30. The van der Waals surface area contributed by atoms with Crippen LogP contribution in [-0.4, -0.2) is 67.6 Å². The zero-order chi connectivity index (χ0) is 22.2. The van der Waals surface area contributed by atoms with E-state index in [1.54, 1.807) is 11.8 Å². The standard InChI is InChI=1S/C22H38N8S.HI/c1-6-24-21(28-12-9-18(4)19(15-28)29-13-11-23-16-29)25-10-7-8-20-26-27-22(31-5)30(20)14-17(2)3;/h11,13,16-19H,6-10,12,14-15H2,1-5H3,(H,24,25);1H. The highest BCUT2D eigenvalue weighted by molar-refractivity contribution is 14.0. The van der Waals surface area contributed by atoms with Gasteiger partial charge in [0.05, 0.1) is 12.4 Å². The van der Waals surface area contributed by atoms with Crippen LogP contribution < -0.4 is 5.32 Å². The lowest BCUT2D eigenvalue weighted by Crippen LogP contribution is -2.49. The largest absolute Gasteiger partial charge is 0.357 e. The van der Waals surface area contributed by atoms with Gasteiger partial charge in [-0.2, -0.15) is 0 Å². The predicted octanol–water partition coefficient (Wildman–Crippen LogP) is 3.95. The monoisotopic (exact) mass is 574 g/mol. The first-order chi connectivity index (χ1) is 15.0. The molecule has 0 spiro atoms. The smallest absolute Gasteiger partial charge is 0.193 e. The van der Waals surface area contributed by atoms with Gasteiger partial charge in [-0.05, 0) is 37.9 Å². The third-order valence-corrected chi connectivity index (χ3v) is 6.47. The van der Waals surface area contributed by atoms with Crippen LogP contribution in [0.4, 0.5) is 0 Å². The first-order valence-corrected chi connectivity index (χ1v) is 12.7. The number of halogens is 1. The lowest BCUT2D eigenvalue weighted by molar-refractivity contribution is 0.189. The summed E-state index contributed by atoms with van der Waals surface area (Å²) in [6.45, 7) is 13.6. The van der Waals surface area contributed by atoms with Gasteiger partial charge in [0.1, 0.15) is 5.82 Å². The van der Waals surface area contributed by atoms with Crippen LogP contribution in [0.2, 0.25) is 0 Å². The summed E-state index contributed by atoms with van der Waals surface area (Å²) in [4.78, 5) is 11.6. The molecule has 0 bridgehead atoms. The van der Waals surface area contributed by atoms with Gasteiger partial charge in [-0.1, -0.05) is 32.5 Å². The molecule has 1 aliphatic heterocycles. The number of nitrogens with zero attached hydrogens (tertiary/aromatic N) is 7. The lowest BCUT2D eigenvalue weighted by atomic mass is 9.93. The Kier molecular flexibility index (Phi) is 11.3. The Hall–Kier alpha value is -1.30. The van der Waals surface area contributed by atoms with E-state index in [9.17, 15) is 0 Å². The molecule has 180 valence electrons. The average Bonchev–Trinajstić information content (AvgIpc) is 3.41. The highest BCUT2D eigenvalue weighted by Gasteiger charge is 2.28. The van der Waals surface area contributed by atoms with Crippen molar-refractivity contribution in [2.45, 2.75) is 64.7 Å². The van der Waals surface area contributed by atoms with Crippen LogP contribution in [0.3, 0.4) is 0 Å². The van der Waals surface area contributed by atoms with Crippen LogP contribution >= 0.6 is 35.7 Å². The topological polar surface area (TPSA) is 76.2 Å². The van der Waals surface area contributed by atoms with E-state index in [4.69, 9.17) is 4.99 Å². The fourth-order valence-corrected chi connectivity index (χ4v) is 4.67. The molecule has 0 radical (unpaired) electrons. The van der Waals surface area contributed by atoms with Crippen molar-refractivity contribution < 1.29 is 0 Å². The number of nitrogens with one attached hydrogen (secondary N) is 1. The molecule has 2 aromatic heterocycles.